The maximum absolute atomic E-state index is 11.8. The average Bonchev–Trinajstić information content (AvgIpc) is 2.34. The van der Waals surface area contributed by atoms with Crippen LogP contribution in [0, 0.1) is 0 Å². The van der Waals surface area contributed by atoms with E-state index in [1.165, 1.54) is 21.3 Å². The van der Waals surface area contributed by atoms with Crippen LogP contribution in [0.4, 0.5) is 0 Å². The Morgan fingerprint density at radius 2 is 2.06 bits per heavy atom. The summed E-state index contributed by atoms with van der Waals surface area (Å²) in [5.41, 5.74) is 0. The van der Waals surface area contributed by atoms with Crippen LogP contribution < -0.4 is 4.72 Å². The molecule has 0 aromatic rings. The van der Waals surface area contributed by atoms with Gasteiger partial charge in [0.15, 0.2) is 0 Å². The van der Waals surface area contributed by atoms with Crippen LogP contribution in [0.3, 0.4) is 0 Å². The van der Waals surface area contributed by atoms with Crippen LogP contribution in [0.15, 0.2) is 0 Å². The van der Waals surface area contributed by atoms with E-state index >= 15 is 0 Å². The zero-order valence-electron chi connectivity index (χ0n) is 10.7. The molecule has 0 saturated carbocycles. The summed E-state index contributed by atoms with van der Waals surface area (Å²) in [6, 6.07) is -0.722. The van der Waals surface area contributed by atoms with Crippen LogP contribution in [-0.4, -0.2) is 70.9 Å². The highest BCUT2D eigenvalue weighted by molar-refractivity contribution is 7.87. The highest BCUT2D eigenvalue weighted by atomic mass is 32.2. The summed E-state index contributed by atoms with van der Waals surface area (Å²) in [6.07, 6.45) is -0.0397. The molecule has 0 aromatic heterocycles. The third kappa shape index (κ3) is 6.26. The van der Waals surface area contributed by atoms with Gasteiger partial charge >= 0.3 is 5.97 Å². The molecule has 0 radical (unpaired) electrons. The Morgan fingerprint density at radius 1 is 1.44 bits per heavy atom. The number of nitrogens with one attached hydrogen (secondary N) is 1. The Kier molecular flexibility index (Phi) is 8.03. The molecule has 0 amide bonds. The molecular formula is C9H20N2O6S. The van der Waals surface area contributed by atoms with E-state index in [-0.39, 0.29) is 26.2 Å². The van der Waals surface area contributed by atoms with Crippen LogP contribution in [0.5, 0.6) is 0 Å². The molecule has 0 saturated heterocycles. The lowest BCUT2D eigenvalue weighted by atomic mass is 10.4. The van der Waals surface area contributed by atoms with Gasteiger partial charge in [-0.3, -0.25) is 4.79 Å². The van der Waals surface area contributed by atoms with Gasteiger partial charge in [0.05, 0.1) is 32.8 Å². The molecule has 0 heterocycles. The van der Waals surface area contributed by atoms with Gasteiger partial charge in [-0.15, -0.1) is 0 Å². The Labute approximate surface area is 107 Å². The van der Waals surface area contributed by atoms with Crippen LogP contribution in [0.2, 0.25) is 0 Å². The van der Waals surface area contributed by atoms with Crippen molar-refractivity contribution < 1.29 is 27.8 Å². The van der Waals surface area contributed by atoms with Crippen LogP contribution in [0.25, 0.3) is 0 Å². The van der Waals surface area contributed by atoms with E-state index in [1.807, 2.05) is 0 Å². The zero-order chi connectivity index (χ0) is 14.2. The fourth-order valence-electron chi connectivity index (χ4n) is 1.10. The molecule has 0 aromatic carbocycles. The van der Waals surface area contributed by atoms with Gasteiger partial charge in [0.2, 0.25) is 0 Å². The molecular weight excluding hydrogens is 264 g/mol. The number of aliphatic hydroxyl groups is 1. The predicted molar refractivity (Wildman–Crippen MR) is 64.1 cm³/mol. The molecule has 108 valence electrons. The lowest BCUT2D eigenvalue weighted by molar-refractivity contribution is -0.140. The minimum absolute atomic E-state index is 0.00681. The molecule has 2 N–H and O–H groups in total. The van der Waals surface area contributed by atoms with Crippen LogP contribution >= 0.6 is 0 Å². The molecule has 0 bridgehead atoms. The molecule has 0 aliphatic rings. The quantitative estimate of drug-likeness (QED) is 0.490. The summed E-state index contributed by atoms with van der Waals surface area (Å²) in [5.74, 6) is -0.493. The van der Waals surface area contributed by atoms with Gasteiger partial charge in [0, 0.05) is 20.7 Å². The van der Waals surface area contributed by atoms with Crippen molar-refractivity contribution in [1.82, 2.24) is 9.03 Å². The first-order chi connectivity index (χ1) is 8.37. The third-order valence-corrected chi connectivity index (χ3v) is 3.81. The van der Waals surface area contributed by atoms with Crippen molar-refractivity contribution in [3.63, 3.8) is 0 Å². The van der Waals surface area contributed by atoms with Crippen molar-refractivity contribution in [3.8, 4) is 0 Å². The normalized spacial score (nSPS) is 13.6. The van der Waals surface area contributed by atoms with Crippen molar-refractivity contribution in [2.24, 2.45) is 0 Å². The second-order valence-corrected chi connectivity index (χ2v) is 5.41. The van der Waals surface area contributed by atoms with Gasteiger partial charge in [0.25, 0.3) is 10.2 Å². The second-order valence-electron chi connectivity index (χ2n) is 3.61. The Hall–Kier alpha value is -0.740. The number of nitrogens with zero attached hydrogens (tertiary/aromatic N) is 1. The topological polar surface area (TPSA) is 105 Å². The Bertz CT molecular complexity index is 345. The largest absolute Gasteiger partial charge is 0.469 e. The smallest absolute Gasteiger partial charge is 0.306 e. The first-order valence-corrected chi connectivity index (χ1v) is 6.71. The highest BCUT2D eigenvalue weighted by Crippen LogP contribution is 1.99. The third-order valence-electron chi connectivity index (χ3n) is 2.17. The fraction of sp³-hybridized carbons (Fsp3) is 0.889. The Balaban J connectivity index is 4.38. The second kappa shape index (κ2) is 8.38. The SMILES string of the molecule is COCC(CO)NS(=O)(=O)N(C)CCC(=O)OC. The lowest BCUT2D eigenvalue weighted by Gasteiger charge is -2.21. The monoisotopic (exact) mass is 284 g/mol. The van der Waals surface area contributed by atoms with Crippen molar-refractivity contribution in [3.05, 3.63) is 0 Å². The first-order valence-electron chi connectivity index (χ1n) is 5.27. The molecule has 1 atom stereocenters. The Morgan fingerprint density at radius 3 is 2.50 bits per heavy atom. The molecule has 0 rings (SSSR count). The van der Waals surface area contributed by atoms with E-state index in [0.29, 0.717) is 0 Å². The number of ether oxygens (including phenoxy) is 2. The van der Waals surface area contributed by atoms with Gasteiger partial charge in [0.1, 0.15) is 0 Å². The summed E-state index contributed by atoms with van der Waals surface area (Å²) in [4.78, 5) is 10.9. The van der Waals surface area contributed by atoms with Crippen molar-refractivity contribution in [2.45, 2.75) is 12.5 Å². The number of hydrogen-bond acceptors (Lipinski definition) is 6. The van der Waals surface area contributed by atoms with E-state index in [0.717, 1.165) is 4.31 Å². The molecule has 0 aliphatic carbocycles. The van der Waals surface area contributed by atoms with Crippen LogP contribution in [0.1, 0.15) is 6.42 Å². The summed E-state index contributed by atoms with van der Waals surface area (Å²) in [7, 11) is 0.196. The van der Waals surface area contributed by atoms with E-state index in [9.17, 15) is 13.2 Å². The maximum Gasteiger partial charge on any atom is 0.306 e. The molecule has 8 nitrogen and oxygen atoms in total. The number of rotatable bonds is 9. The standard InChI is InChI=1S/C9H20N2O6S/c1-11(5-4-9(13)17-3)18(14,15)10-8(6-12)7-16-2/h8,10,12H,4-7H2,1-3H3. The lowest BCUT2D eigenvalue weighted by Crippen LogP contribution is -2.47. The van der Waals surface area contributed by atoms with Crippen molar-refractivity contribution in [1.29, 1.82) is 0 Å². The molecule has 0 spiro atoms. The summed E-state index contributed by atoms with van der Waals surface area (Å²) in [5, 5.41) is 8.96. The van der Waals surface area contributed by atoms with Crippen LogP contribution in [-0.2, 0) is 24.5 Å². The minimum atomic E-state index is -3.76. The molecule has 0 aliphatic heterocycles. The van der Waals surface area contributed by atoms with Gasteiger partial charge in [-0.1, -0.05) is 0 Å². The van der Waals surface area contributed by atoms with E-state index < -0.39 is 22.2 Å². The minimum Gasteiger partial charge on any atom is -0.469 e. The van der Waals surface area contributed by atoms with Crippen molar-refractivity contribution in [2.75, 3.05) is 41.0 Å². The zero-order valence-corrected chi connectivity index (χ0v) is 11.6. The van der Waals surface area contributed by atoms with E-state index in [2.05, 4.69) is 9.46 Å². The van der Waals surface area contributed by atoms with Gasteiger partial charge < -0.3 is 14.6 Å². The number of carbonyl (C=O) groups is 1. The summed E-state index contributed by atoms with van der Waals surface area (Å²) in [6.45, 7) is -0.328. The number of esters is 1. The van der Waals surface area contributed by atoms with Crippen molar-refractivity contribution >= 4 is 16.2 Å². The number of hydrogen-bond donors (Lipinski definition) is 2. The maximum atomic E-state index is 11.8. The first kappa shape index (κ1) is 17.3. The molecule has 1 unspecified atom stereocenters. The molecule has 9 heteroatoms. The average molecular weight is 284 g/mol. The fourth-order valence-corrected chi connectivity index (χ4v) is 2.17. The predicted octanol–water partition coefficient (Wildman–Crippen LogP) is -1.68. The van der Waals surface area contributed by atoms with E-state index in [1.54, 1.807) is 0 Å². The van der Waals surface area contributed by atoms with E-state index in [4.69, 9.17) is 9.84 Å². The number of methoxy groups -OCH3 is 2. The summed E-state index contributed by atoms with van der Waals surface area (Å²) < 4.78 is 35.9. The molecule has 0 fully saturated rings. The van der Waals surface area contributed by atoms with Gasteiger partial charge in [-0.05, 0) is 0 Å². The number of aliphatic hydroxyl groups excluding tert-OH is 1. The summed E-state index contributed by atoms with van der Waals surface area (Å²) >= 11 is 0. The molecule has 18 heavy (non-hydrogen) atoms. The van der Waals surface area contributed by atoms with Gasteiger partial charge in [-0.2, -0.15) is 17.4 Å². The highest BCUT2D eigenvalue weighted by Gasteiger charge is 2.22. The van der Waals surface area contributed by atoms with Gasteiger partial charge in [-0.25, -0.2) is 0 Å². The number of carbonyl (C=O) groups excluding carboxylic acids is 1.